The fourth-order valence-electron chi connectivity index (χ4n) is 5.76. The van der Waals surface area contributed by atoms with E-state index in [-0.39, 0.29) is 36.4 Å². The summed E-state index contributed by atoms with van der Waals surface area (Å²) in [5.74, 6) is -1.49. The Kier molecular flexibility index (Phi) is 6.57. The Morgan fingerprint density at radius 2 is 1.60 bits per heavy atom. The van der Waals surface area contributed by atoms with Gasteiger partial charge in [0, 0.05) is 24.4 Å². The first-order valence-electron chi connectivity index (χ1n) is 12.3. The normalized spacial score (nSPS) is 24.6. The van der Waals surface area contributed by atoms with Crippen molar-refractivity contribution in [3.05, 3.63) is 71.8 Å². The van der Waals surface area contributed by atoms with Gasteiger partial charge in [-0.05, 0) is 47.4 Å². The number of hydrogen-bond acceptors (Lipinski definition) is 4. The Hall–Kier alpha value is -3.61. The predicted octanol–water partition coefficient (Wildman–Crippen LogP) is 4.23. The molecule has 2 amide bonds. The van der Waals surface area contributed by atoms with Gasteiger partial charge in [0.2, 0.25) is 5.91 Å². The summed E-state index contributed by atoms with van der Waals surface area (Å²) in [6, 6.07) is 16.1. The Bertz CT molecular complexity index is 1110. The number of aliphatic carboxylic acids is 1. The number of amides is 2. The second-order valence-corrected chi connectivity index (χ2v) is 9.71. The molecule has 0 spiro atoms. The third-order valence-electron chi connectivity index (χ3n) is 7.50. The third-order valence-corrected chi connectivity index (χ3v) is 7.50. The van der Waals surface area contributed by atoms with Crippen LogP contribution in [0.5, 0.6) is 0 Å². The van der Waals surface area contributed by atoms with Crippen molar-refractivity contribution < 1.29 is 24.2 Å². The van der Waals surface area contributed by atoms with E-state index in [0.717, 1.165) is 19.3 Å². The van der Waals surface area contributed by atoms with Crippen molar-refractivity contribution in [1.29, 1.82) is 0 Å². The first-order valence-corrected chi connectivity index (χ1v) is 12.3. The minimum atomic E-state index is -0.874. The highest BCUT2D eigenvalue weighted by molar-refractivity contribution is 5.79. The van der Waals surface area contributed by atoms with Gasteiger partial charge in [-0.15, -0.1) is 0 Å². The molecule has 3 N–H and O–H groups in total. The molecule has 0 aromatic heterocycles. The van der Waals surface area contributed by atoms with E-state index in [1.54, 1.807) is 12.2 Å². The second-order valence-electron chi connectivity index (χ2n) is 9.71. The van der Waals surface area contributed by atoms with Gasteiger partial charge in [-0.2, -0.15) is 0 Å². The summed E-state index contributed by atoms with van der Waals surface area (Å²) in [5.41, 5.74) is 4.71. The highest BCUT2D eigenvalue weighted by atomic mass is 16.5. The number of carboxylic acid groups (broad SMARTS) is 1. The number of fused-ring (bicyclic) bond motifs is 3. The Morgan fingerprint density at radius 3 is 2.26 bits per heavy atom. The summed E-state index contributed by atoms with van der Waals surface area (Å²) >= 11 is 0. The number of carbonyl (C=O) groups excluding carboxylic acids is 2. The lowest BCUT2D eigenvalue weighted by Gasteiger charge is -2.22. The van der Waals surface area contributed by atoms with Gasteiger partial charge < -0.3 is 20.5 Å². The van der Waals surface area contributed by atoms with E-state index in [0.29, 0.717) is 12.8 Å². The summed E-state index contributed by atoms with van der Waals surface area (Å²) in [6.45, 7) is 0.260. The van der Waals surface area contributed by atoms with E-state index in [4.69, 9.17) is 9.84 Å². The number of hydrogen-bond donors (Lipinski definition) is 3. The van der Waals surface area contributed by atoms with Crippen LogP contribution in [-0.4, -0.2) is 41.8 Å². The van der Waals surface area contributed by atoms with E-state index in [1.807, 2.05) is 24.3 Å². The lowest BCUT2D eigenvalue weighted by molar-refractivity contribution is -0.140. The first kappa shape index (κ1) is 23.1. The highest BCUT2D eigenvalue weighted by Gasteiger charge is 2.33. The number of carboxylic acids is 1. The average Bonchev–Trinajstić information content (AvgIpc) is 3.56. The Balaban J connectivity index is 1.13. The highest BCUT2D eigenvalue weighted by Crippen LogP contribution is 2.44. The minimum Gasteiger partial charge on any atom is -0.481 e. The van der Waals surface area contributed by atoms with Crippen LogP contribution >= 0.6 is 0 Å². The number of nitrogens with one attached hydrogen (secondary N) is 2. The molecule has 1 saturated carbocycles. The number of rotatable bonds is 7. The maximum Gasteiger partial charge on any atom is 0.407 e. The standard InChI is InChI=1S/C28H30N2O5/c31-26(29-19-13-12-18(14-19)27(32)33)15-17-6-5-11-25(17)30-28(34)35-16-24-22-9-3-1-7-20(22)21-8-2-4-10-23(21)24/h1-4,7-10,12-13,17-19,24-25H,5-6,11,14-16H2,(H,29,31)(H,30,34)(H,32,33)/t17-,18?,19?,25+/m0/s1. The second kappa shape index (κ2) is 9.94. The van der Waals surface area contributed by atoms with Crippen molar-refractivity contribution in [3.8, 4) is 11.1 Å². The quantitative estimate of drug-likeness (QED) is 0.521. The molecule has 2 aromatic carbocycles. The topological polar surface area (TPSA) is 105 Å². The smallest absolute Gasteiger partial charge is 0.407 e. The van der Waals surface area contributed by atoms with Crippen LogP contribution < -0.4 is 10.6 Å². The zero-order chi connectivity index (χ0) is 24.4. The molecular weight excluding hydrogens is 444 g/mol. The van der Waals surface area contributed by atoms with Crippen molar-refractivity contribution in [2.75, 3.05) is 6.61 Å². The van der Waals surface area contributed by atoms with Gasteiger partial charge in [0.25, 0.3) is 0 Å². The van der Waals surface area contributed by atoms with Crippen molar-refractivity contribution in [1.82, 2.24) is 10.6 Å². The maximum atomic E-state index is 12.7. The van der Waals surface area contributed by atoms with Gasteiger partial charge in [0.15, 0.2) is 0 Å². The van der Waals surface area contributed by atoms with Crippen LogP contribution in [0.2, 0.25) is 0 Å². The summed E-state index contributed by atoms with van der Waals surface area (Å²) in [6.07, 6.45) is 6.22. The van der Waals surface area contributed by atoms with Crippen molar-refractivity contribution >= 4 is 18.0 Å². The molecule has 7 nitrogen and oxygen atoms in total. The van der Waals surface area contributed by atoms with Crippen molar-refractivity contribution in [2.24, 2.45) is 11.8 Å². The molecule has 0 radical (unpaired) electrons. The van der Waals surface area contributed by atoms with E-state index in [9.17, 15) is 14.4 Å². The van der Waals surface area contributed by atoms with Crippen LogP contribution in [0.3, 0.4) is 0 Å². The number of benzene rings is 2. The van der Waals surface area contributed by atoms with Crippen LogP contribution in [0.15, 0.2) is 60.7 Å². The van der Waals surface area contributed by atoms with Gasteiger partial charge >= 0.3 is 12.1 Å². The summed E-state index contributed by atoms with van der Waals surface area (Å²) < 4.78 is 5.68. The zero-order valence-electron chi connectivity index (χ0n) is 19.5. The van der Waals surface area contributed by atoms with Gasteiger partial charge in [0.05, 0.1) is 5.92 Å². The molecule has 2 unspecified atom stereocenters. The molecule has 4 atom stereocenters. The Morgan fingerprint density at radius 1 is 0.914 bits per heavy atom. The fourth-order valence-corrected chi connectivity index (χ4v) is 5.76. The van der Waals surface area contributed by atoms with Gasteiger partial charge in [-0.1, -0.05) is 67.1 Å². The number of carbonyl (C=O) groups is 3. The molecule has 0 bridgehead atoms. The summed E-state index contributed by atoms with van der Waals surface area (Å²) in [7, 11) is 0. The lowest BCUT2D eigenvalue weighted by Crippen LogP contribution is -2.41. The van der Waals surface area contributed by atoms with Crippen LogP contribution in [0.1, 0.15) is 49.1 Å². The van der Waals surface area contributed by atoms with E-state index < -0.39 is 18.0 Å². The summed E-state index contributed by atoms with van der Waals surface area (Å²) in [5, 5.41) is 15.0. The van der Waals surface area contributed by atoms with Crippen LogP contribution in [0.25, 0.3) is 11.1 Å². The molecule has 3 aliphatic rings. The van der Waals surface area contributed by atoms with Gasteiger partial charge in [-0.3, -0.25) is 9.59 Å². The molecule has 3 aliphatic carbocycles. The summed E-state index contributed by atoms with van der Waals surface area (Å²) in [4.78, 5) is 36.4. The lowest BCUT2D eigenvalue weighted by atomic mass is 9.98. The van der Waals surface area contributed by atoms with E-state index >= 15 is 0 Å². The Labute approximate surface area is 204 Å². The maximum absolute atomic E-state index is 12.7. The number of ether oxygens (including phenoxy) is 1. The van der Waals surface area contributed by atoms with Crippen molar-refractivity contribution in [3.63, 3.8) is 0 Å². The minimum absolute atomic E-state index is 0.00685. The SMILES string of the molecule is O=C(C[C@@H]1CCC[C@H]1NC(=O)OCC1c2ccccc2-c2ccccc21)NC1C=CC(C(=O)O)C1. The molecule has 2 aromatic rings. The van der Waals surface area contributed by atoms with E-state index in [1.165, 1.54) is 22.3 Å². The largest absolute Gasteiger partial charge is 0.481 e. The van der Waals surface area contributed by atoms with Crippen LogP contribution in [0, 0.1) is 11.8 Å². The third kappa shape index (κ3) is 4.94. The zero-order valence-corrected chi connectivity index (χ0v) is 19.5. The monoisotopic (exact) mass is 474 g/mol. The molecule has 0 aliphatic heterocycles. The average molecular weight is 475 g/mol. The fraction of sp³-hybridized carbons (Fsp3) is 0.393. The van der Waals surface area contributed by atoms with E-state index in [2.05, 4.69) is 34.9 Å². The van der Waals surface area contributed by atoms with Crippen LogP contribution in [-0.2, 0) is 14.3 Å². The molecule has 35 heavy (non-hydrogen) atoms. The van der Waals surface area contributed by atoms with Gasteiger partial charge in [0.1, 0.15) is 6.61 Å². The number of alkyl carbamates (subject to hydrolysis) is 1. The van der Waals surface area contributed by atoms with Gasteiger partial charge in [-0.25, -0.2) is 4.79 Å². The van der Waals surface area contributed by atoms with Crippen molar-refractivity contribution in [2.45, 2.75) is 50.1 Å². The van der Waals surface area contributed by atoms with Crippen LogP contribution in [0.4, 0.5) is 4.79 Å². The molecule has 182 valence electrons. The predicted molar refractivity (Wildman–Crippen MR) is 131 cm³/mol. The molecule has 5 rings (SSSR count). The molecular formula is C28H30N2O5. The molecule has 0 saturated heterocycles. The molecule has 1 fully saturated rings. The molecule has 7 heteroatoms. The molecule has 0 heterocycles. The first-order chi connectivity index (χ1) is 17.0.